The van der Waals surface area contributed by atoms with Crippen LogP contribution in [0.25, 0.3) is 0 Å². The van der Waals surface area contributed by atoms with Gasteiger partial charge in [0.2, 0.25) is 11.6 Å². The van der Waals surface area contributed by atoms with E-state index in [-0.39, 0.29) is 17.5 Å². The lowest BCUT2D eigenvalue weighted by Gasteiger charge is -2.28. The van der Waals surface area contributed by atoms with Gasteiger partial charge in [-0.25, -0.2) is 0 Å². The second kappa shape index (κ2) is 7.22. The highest BCUT2D eigenvalue weighted by Crippen LogP contribution is 2.26. The van der Waals surface area contributed by atoms with Crippen molar-refractivity contribution in [2.24, 2.45) is 4.99 Å². The molecular weight excluding hydrogens is 361 g/mol. The molecule has 2 aromatic rings. The quantitative estimate of drug-likeness (QED) is 0.808. The summed E-state index contributed by atoms with van der Waals surface area (Å²) in [4.78, 5) is 28.1. The number of ether oxygens (including phenoxy) is 1. The Morgan fingerprint density at radius 2 is 1.67 bits per heavy atom. The van der Waals surface area contributed by atoms with E-state index in [1.165, 1.54) is 12.1 Å². The molecule has 2 aromatic carbocycles. The molecule has 27 heavy (non-hydrogen) atoms. The van der Waals surface area contributed by atoms with E-state index >= 15 is 0 Å². The number of carbonyl (C=O) groups excluding carboxylic acids is 2. The van der Waals surface area contributed by atoms with Gasteiger partial charge in [-0.3, -0.25) is 14.6 Å². The summed E-state index contributed by atoms with van der Waals surface area (Å²) in [5, 5.41) is 2.82. The third-order valence-corrected chi connectivity index (χ3v) is 4.01. The van der Waals surface area contributed by atoms with Crippen LogP contribution < -0.4 is 10.1 Å². The zero-order valence-electron chi connectivity index (χ0n) is 14.2. The minimum absolute atomic E-state index is 0.104. The normalized spacial score (nSPS) is 19.6. The number of nitrogens with one attached hydrogen (secondary N) is 1. The summed E-state index contributed by atoms with van der Waals surface area (Å²) >= 11 is 0. The number of aliphatic imine (C=N–C) groups is 1. The van der Waals surface area contributed by atoms with Gasteiger partial charge in [-0.2, -0.15) is 0 Å². The highest BCUT2D eigenvalue weighted by Gasteiger charge is 2.46. The summed E-state index contributed by atoms with van der Waals surface area (Å²) in [5.74, 6) is -1.67. The van der Waals surface area contributed by atoms with Crippen LogP contribution in [0.4, 0.5) is 18.9 Å². The van der Waals surface area contributed by atoms with Crippen LogP contribution in [-0.2, 0) is 9.59 Å². The van der Waals surface area contributed by atoms with Crippen molar-refractivity contribution >= 4 is 23.0 Å². The van der Waals surface area contributed by atoms with Crippen molar-refractivity contribution in [2.45, 2.75) is 25.4 Å². The molecular formula is C19H15F3N2O3. The van der Waals surface area contributed by atoms with Crippen molar-refractivity contribution in [1.29, 1.82) is 0 Å². The highest BCUT2D eigenvalue weighted by atomic mass is 19.4. The molecule has 1 aliphatic carbocycles. The van der Waals surface area contributed by atoms with Crippen molar-refractivity contribution in [3.05, 3.63) is 60.2 Å². The Labute approximate surface area is 152 Å². The molecule has 0 saturated heterocycles. The van der Waals surface area contributed by atoms with Gasteiger partial charge in [0, 0.05) is 5.69 Å². The Kier molecular flexibility index (Phi) is 4.98. The van der Waals surface area contributed by atoms with Crippen molar-refractivity contribution in [1.82, 2.24) is 0 Å². The summed E-state index contributed by atoms with van der Waals surface area (Å²) < 4.78 is 40.4. The molecule has 0 radical (unpaired) electrons. The molecule has 2 atom stereocenters. The van der Waals surface area contributed by atoms with E-state index in [1.54, 1.807) is 6.92 Å². The maximum Gasteiger partial charge on any atom is 0.573 e. The molecule has 0 amide bonds. The maximum absolute atomic E-state index is 12.2. The lowest BCUT2D eigenvalue weighted by atomic mass is 9.86. The van der Waals surface area contributed by atoms with E-state index in [1.807, 2.05) is 30.3 Å². The number of anilines is 1. The number of hydrogen-bond acceptors (Lipinski definition) is 5. The molecule has 1 aliphatic rings. The number of carbonyl (C=O) groups is 2. The number of alkyl halides is 3. The standard InChI is InChI=1S/C19H15F3N2O3/c1-11(12-5-3-2-4-6-12)23-15-16(18(26)17(15)25)24-13-7-9-14(10-8-13)27-19(20,21)22/h2-11,16,24H,1H3. The van der Waals surface area contributed by atoms with Crippen LogP contribution in [-0.4, -0.2) is 29.7 Å². The third-order valence-electron chi connectivity index (χ3n) is 4.01. The van der Waals surface area contributed by atoms with Crippen molar-refractivity contribution in [2.75, 3.05) is 5.32 Å². The van der Waals surface area contributed by atoms with E-state index in [4.69, 9.17) is 0 Å². The maximum atomic E-state index is 12.2. The smallest absolute Gasteiger partial charge is 0.406 e. The first kappa shape index (κ1) is 18.6. The Morgan fingerprint density at radius 1 is 1.04 bits per heavy atom. The first-order chi connectivity index (χ1) is 12.7. The van der Waals surface area contributed by atoms with Gasteiger partial charge >= 0.3 is 6.36 Å². The lowest BCUT2D eigenvalue weighted by Crippen LogP contribution is -2.58. The SMILES string of the molecule is CC(N=C1C(=O)C(=O)C1Nc1ccc(OC(F)(F)F)cc1)c1ccccc1. The zero-order valence-corrected chi connectivity index (χ0v) is 14.2. The van der Waals surface area contributed by atoms with Gasteiger partial charge in [0.1, 0.15) is 17.5 Å². The van der Waals surface area contributed by atoms with Crippen LogP contribution >= 0.6 is 0 Å². The number of rotatable bonds is 5. The molecule has 0 aliphatic heterocycles. The van der Waals surface area contributed by atoms with E-state index in [2.05, 4.69) is 15.0 Å². The first-order valence-corrected chi connectivity index (χ1v) is 8.08. The van der Waals surface area contributed by atoms with Gasteiger partial charge in [0.05, 0.1) is 6.04 Å². The van der Waals surface area contributed by atoms with Crippen molar-refractivity contribution < 1.29 is 27.5 Å². The molecule has 3 rings (SSSR count). The number of nitrogens with zero attached hydrogens (tertiary/aromatic N) is 1. The monoisotopic (exact) mass is 376 g/mol. The van der Waals surface area contributed by atoms with Crippen LogP contribution in [0.2, 0.25) is 0 Å². The topological polar surface area (TPSA) is 67.8 Å². The summed E-state index contributed by atoms with van der Waals surface area (Å²) in [6, 6.07) is 12.9. The summed E-state index contributed by atoms with van der Waals surface area (Å²) in [5.41, 5.74) is 1.37. The Bertz CT molecular complexity index is 877. The van der Waals surface area contributed by atoms with Gasteiger partial charge in [-0.05, 0) is 36.8 Å². The van der Waals surface area contributed by atoms with Crippen LogP contribution in [0.5, 0.6) is 5.75 Å². The highest BCUT2D eigenvalue weighted by molar-refractivity contribution is 6.80. The minimum Gasteiger partial charge on any atom is -0.406 e. The van der Waals surface area contributed by atoms with Crippen LogP contribution in [0.15, 0.2) is 59.6 Å². The number of ketones is 2. The average Bonchev–Trinajstić information content (AvgIpc) is 2.65. The zero-order chi connectivity index (χ0) is 19.6. The number of hydrogen-bond donors (Lipinski definition) is 1. The molecule has 8 heteroatoms. The van der Waals surface area contributed by atoms with E-state index in [9.17, 15) is 22.8 Å². The predicted octanol–water partition coefficient (Wildman–Crippen LogP) is 3.72. The van der Waals surface area contributed by atoms with Gasteiger partial charge in [-0.1, -0.05) is 30.3 Å². The Hall–Kier alpha value is -3.16. The molecule has 1 N–H and O–H groups in total. The molecule has 0 bridgehead atoms. The number of Topliss-reactive ketones (excluding diaryl/α,β-unsaturated/α-hetero) is 2. The second-order valence-corrected chi connectivity index (χ2v) is 5.94. The molecule has 1 saturated carbocycles. The first-order valence-electron chi connectivity index (χ1n) is 8.08. The largest absolute Gasteiger partial charge is 0.573 e. The van der Waals surface area contributed by atoms with Crippen LogP contribution in [0, 0.1) is 0 Å². The summed E-state index contributed by atoms with van der Waals surface area (Å²) in [6.45, 7) is 1.80. The average molecular weight is 376 g/mol. The van der Waals surface area contributed by atoms with E-state index in [0.717, 1.165) is 17.7 Å². The Morgan fingerprint density at radius 3 is 2.26 bits per heavy atom. The summed E-state index contributed by atoms with van der Waals surface area (Å²) in [7, 11) is 0. The molecule has 0 heterocycles. The number of benzene rings is 2. The van der Waals surface area contributed by atoms with Crippen LogP contribution in [0.1, 0.15) is 18.5 Å². The fraction of sp³-hybridized carbons (Fsp3) is 0.211. The fourth-order valence-electron chi connectivity index (χ4n) is 2.64. The van der Waals surface area contributed by atoms with Crippen molar-refractivity contribution in [3.63, 3.8) is 0 Å². The van der Waals surface area contributed by atoms with Crippen molar-refractivity contribution in [3.8, 4) is 5.75 Å². The lowest BCUT2D eigenvalue weighted by molar-refractivity contribution is -0.274. The second-order valence-electron chi connectivity index (χ2n) is 5.94. The summed E-state index contributed by atoms with van der Waals surface area (Å²) in [6.07, 6.45) is -4.78. The van der Waals surface area contributed by atoms with Crippen LogP contribution in [0.3, 0.4) is 0 Å². The van der Waals surface area contributed by atoms with E-state index in [0.29, 0.717) is 5.69 Å². The molecule has 2 unspecified atom stereocenters. The molecule has 0 aromatic heterocycles. The number of halogens is 3. The van der Waals surface area contributed by atoms with Gasteiger partial charge in [0.15, 0.2) is 0 Å². The predicted molar refractivity (Wildman–Crippen MR) is 92.8 cm³/mol. The van der Waals surface area contributed by atoms with Gasteiger partial charge in [0.25, 0.3) is 0 Å². The molecule has 0 spiro atoms. The van der Waals surface area contributed by atoms with E-state index < -0.39 is 24.0 Å². The Balaban J connectivity index is 1.72. The molecule has 140 valence electrons. The molecule has 1 fully saturated rings. The fourth-order valence-corrected chi connectivity index (χ4v) is 2.64. The minimum atomic E-state index is -4.78. The molecule has 5 nitrogen and oxygen atoms in total. The third kappa shape index (κ3) is 4.33. The van der Waals surface area contributed by atoms with Gasteiger partial charge in [-0.15, -0.1) is 13.2 Å². The van der Waals surface area contributed by atoms with Gasteiger partial charge < -0.3 is 10.1 Å².